The number of carbonyl (C=O) groups is 2. The number of nitrogens with two attached hydrogens (primary N) is 1. The Kier molecular flexibility index (Phi) is 5.84. The molecule has 0 aliphatic rings. The highest BCUT2D eigenvalue weighted by atomic mass is 16.2. The molecule has 154 valence electrons. The first-order valence-electron chi connectivity index (χ1n) is 9.81. The Bertz CT molecular complexity index is 1190. The SMILES string of the molecule is NC(=O)[C@H](Cc1ccccc1)NC(=O)c1ccncc1-c1cc(-c2ccccc2)[nH]n1. The Hall–Kier alpha value is -4.26. The second-order valence-electron chi connectivity index (χ2n) is 7.07. The normalized spacial score (nSPS) is 11.6. The van der Waals surface area contributed by atoms with Gasteiger partial charge in [0.15, 0.2) is 0 Å². The van der Waals surface area contributed by atoms with Crippen molar-refractivity contribution in [2.45, 2.75) is 12.5 Å². The van der Waals surface area contributed by atoms with Crippen LogP contribution in [0.2, 0.25) is 0 Å². The van der Waals surface area contributed by atoms with Crippen LogP contribution < -0.4 is 11.1 Å². The quantitative estimate of drug-likeness (QED) is 0.434. The summed E-state index contributed by atoms with van der Waals surface area (Å²) in [6, 6.07) is 21.8. The van der Waals surface area contributed by atoms with Crippen LogP contribution in [0.25, 0.3) is 22.5 Å². The zero-order chi connectivity index (χ0) is 21.6. The van der Waals surface area contributed by atoms with E-state index in [9.17, 15) is 9.59 Å². The van der Waals surface area contributed by atoms with Gasteiger partial charge in [-0.25, -0.2) is 0 Å². The van der Waals surface area contributed by atoms with E-state index in [2.05, 4.69) is 20.5 Å². The van der Waals surface area contributed by atoms with Gasteiger partial charge >= 0.3 is 0 Å². The Morgan fingerprint density at radius 2 is 1.71 bits per heavy atom. The molecule has 7 nitrogen and oxygen atoms in total. The number of nitrogens with one attached hydrogen (secondary N) is 2. The smallest absolute Gasteiger partial charge is 0.252 e. The molecule has 31 heavy (non-hydrogen) atoms. The van der Waals surface area contributed by atoms with Crippen LogP contribution in [0.1, 0.15) is 15.9 Å². The van der Waals surface area contributed by atoms with Gasteiger partial charge in [0.05, 0.1) is 17.0 Å². The van der Waals surface area contributed by atoms with E-state index >= 15 is 0 Å². The minimum atomic E-state index is -0.838. The second kappa shape index (κ2) is 9.04. The topological polar surface area (TPSA) is 114 Å². The van der Waals surface area contributed by atoms with E-state index in [1.807, 2.05) is 66.7 Å². The lowest BCUT2D eigenvalue weighted by molar-refractivity contribution is -0.119. The van der Waals surface area contributed by atoms with Gasteiger partial charge < -0.3 is 11.1 Å². The number of aromatic nitrogens is 3. The van der Waals surface area contributed by atoms with E-state index in [4.69, 9.17) is 5.73 Å². The first kappa shape index (κ1) is 20.0. The Balaban J connectivity index is 1.58. The predicted molar refractivity (Wildman–Crippen MR) is 118 cm³/mol. The zero-order valence-corrected chi connectivity index (χ0v) is 16.7. The largest absolute Gasteiger partial charge is 0.368 e. The van der Waals surface area contributed by atoms with Gasteiger partial charge in [-0.2, -0.15) is 5.10 Å². The van der Waals surface area contributed by atoms with Crippen LogP contribution in [-0.4, -0.2) is 33.0 Å². The van der Waals surface area contributed by atoms with Gasteiger partial charge in [0.2, 0.25) is 5.91 Å². The summed E-state index contributed by atoms with van der Waals surface area (Å²) in [4.78, 5) is 29.1. The number of H-pyrrole nitrogens is 1. The maximum absolute atomic E-state index is 13.0. The number of benzene rings is 2. The molecule has 0 saturated heterocycles. The molecule has 2 amide bonds. The molecule has 0 radical (unpaired) electrons. The second-order valence-corrected chi connectivity index (χ2v) is 7.07. The fraction of sp³-hybridized carbons (Fsp3) is 0.0833. The van der Waals surface area contributed by atoms with Crippen LogP contribution >= 0.6 is 0 Å². The first-order valence-corrected chi connectivity index (χ1v) is 9.81. The van der Waals surface area contributed by atoms with E-state index in [1.54, 1.807) is 12.3 Å². The molecule has 0 bridgehead atoms. The molecule has 7 heteroatoms. The van der Waals surface area contributed by atoms with Crippen LogP contribution in [0.4, 0.5) is 0 Å². The van der Waals surface area contributed by atoms with E-state index in [0.717, 1.165) is 16.8 Å². The summed E-state index contributed by atoms with van der Waals surface area (Å²) in [5, 5.41) is 10.1. The number of carbonyl (C=O) groups excluding carboxylic acids is 2. The molecule has 0 saturated carbocycles. The third kappa shape index (κ3) is 4.67. The number of primary amides is 1. The Morgan fingerprint density at radius 3 is 2.42 bits per heavy atom. The molecule has 0 aliphatic heterocycles. The van der Waals surface area contributed by atoms with Crippen molar-refractivity contribution in [2.75, 3.05) is 0 Å². The number of pyridine rings is 1. The molecular weight excluding hydrogens is 390 g/mol. The van der Waals surface area contributed by atoms with Crippen LogP contribution in [0, 0.1) is 0 Å². The Labute approximate surface area is 179 Å². The van der Waals surface area contributed by atoms with Crippen molar-refractivity contribution in [3.8, 4) is 22.5 Å². The minimum Gasteiger partial charge on any atom is -0.368 e. The van der Waals surface area contributed by atoms with Crippen molar-refractivity contribution in [1.82, 2.24) is 20.5 Å². The lowest BCUT2D eigenvalue weighted by Gasteiger charge is -2.16. The average Bonchev–Trinajstić information content (AvgIpc) is 3.30. The summed E-state index contributed by atoms with van der Waals surface area (Å²) in [7, 11) is 0. The highest BCUT2D eigenvalue weighted by Gasteiger charge is 2.22. The summed E-state index contributed by atoms with van der Waals surface area (Å²) >= 11 is 0. The van der Waals surface area contributed by atoms with Crippen LogP contribution in [0.15, 0.2) is 85.2 Å². The first-order chi connectivity index (χ1) is 15.1. The number of aromatic amines is 1. The van der Waals surface area contributed by atoms with Gasteiger partial charge in [0, 0.05) is 24.4 Å². The van der Waals surface area contributed by atoms with Crippen molar-refractivity contribution in [1.29, 1.82) is 0 Å². The third-order valence-corrected chi connectivity index (χ3v) is 4.94. The molecular formula is C24H21N5O2. The number of amides is 2. The molecule has 4 aromatic rings. The summed E-state index contributed by atoms with van der Waals surface area (Å²) < 4.78 is 0. The van der Waals surface area contributed by atoms with Crippen molar-refractivity contribution in [3.63, 3.8) is 0 Å². The summed E-state index contributed by atoms with van der Waals surface area (Å²) in [6.07, 6.45) is 3.42. The third-order valence-electron chi connectivity index (χ3n) is 4.94. The van der Waals surface area contributed by atoms with Gasteiger partial charge in [-0.3, -0.25) is 19.7 Å². The summed E-state index contributed by atoms with van der Waals surface area (Å²) in [6.45, 7) is 0. The number of hydrogen-bond donors (Lipinski definition) is 3. The van der Waals surface area contributed by atoms with Gasteiger partial charge in [-0.15, -0.1) is 0 Å². The standard InChI is InChI=1S/C24H21N5O2/c25-23(30)22(13-16-7-3-1-4-8-16)27-24(31)18-11-12-26-15-19(18)21-14-20(28-29-21)17-9-5-2-6-10-17/h1-12,14-15,22H,13H2,(H2,25,30)(H,27,31)(H,28,29)/t22-/m0/s1. The molecule has 0 spiro atoms. The minimum absolute atomic E-state index is 0.308. The van der Waals surface area contributed by atoms with Gasteiger partial charge in [-0.1, -0.05) is 60.7 Å². The van der Waals surface area contributed by atoms with Gasteiger partial charge in [0.25, 0.3) is 5.91 Å². The maximum Gasteiger partial charge on any atom is 0.252 e. The molecule has 2 aromatic carbocycles. The molecule has 0 aliphatic carbocycles. The van der Waals surface area contributed by atoms with E-state index < -0.39 is 17.9 Å². The molecule has 4 rings (SSSR count). The zero-order valence-electron chi connectivity index (χ0n) is 16.7. The number of hydrogen-bond acceptors (Lipinski definition) is 4. The summed E-state index contributed by atoms with van der Waals surface area (Å²) in [5.41, 5.74) is 9.75. The Morgan fingerprint density at radius 1 is 1.00 bits per heavy atom. The molecule has 2 aromatic heterocycles. The van der Waals surface area contributed by atoms with E-state index in [-0.39, 0.29) is 0 Å². The monoisotopic (exact) mass is 411 g/mol. The van der Waals surface area contributed by atoms with E-state index in [1.165, 1.54) is 6.20 Å². The summed E-state index contributed by atoms with van der Waals surface area (Å²) in [5.74, 6) is -1.01. The van der Waals surface area contributed by atoms with Crippen LogP contribution in [0.5, 0.6) is 0 Å². The molecule has 0 fully saturated rings. The molecule has 4 N–H and O–H groups in total. The van der Waals surface area contributed by atoms with Crippen molar-refractivity contribution < 1.29 is 9.59 Å². The average molecular weight is 411 g/mol. The number of rotatable bonds is 7. The highest BCUT2D eigenvalue weighted by Crippen LogP contribution is 2.25. The molecule has 2 heterocycles. The van der Waals surface area contributed by atoms with Gasteiger partial charge in [-0.05, 0) is 23.3 Å². The number of nitrogens with zero attached hydrogens (tertiary/aromatic N) is 2. The van der Waals surface area contributed by atoms with Crippen molar-refractivity contribution in [2.24, 2.45) is 5.73 Å². The molecule has 0 unspecified atom stereocenters. The van der Waals surface area contributed by atoms with E-state index in [0.29, 0.717) is 23.2 Å². The fourth-order valence-corrected chi connectivity index (χ4v) is 3.33. The lowest BCUT2D eigenvalue weighted by atomic mass is 10.0. The maximum atomic E-state index is 13.0. The highest BCUT2D eigenvalue weighted by molar-refractivity contribution is 6.02. The van der Waals surface area contributed by atoms with Crippen LogP contribution in [-0.2, 0) is 11.2 Å². The van der Waals surface area contributed by atoms with Gasteiger partial charge in [0.1, 0.15) is 6.04 Å². The fourth-order valence-electron chi connectivity index (χ4n) is 3.33. The molecule has 1 atom stereocenters. The predicted octanol–water partition coefficient (Wildman–Crippen LogP) is 2.97. The lowest BCUT2D eigenvalue weighted by Crippen LogP contribution is -2.46. The van der Waals surface area contributed by atoms with Crippen LogP contribution in [0.3, 0.4) is 0 Å². The van der Waals surface area contributed by atoms with Crippen molar-refractivity contribution in [3.05, 3.63) is 96.3 Å². The van der Waals surface area contributed by atoms with Crippen molar-refractivity contribution >= 4 is 11.8 Å².